The summed E-state index contributed by atoms with van der Waals surface area (Å²) in [5.74, 6) is 0. The highest BCUT2D eigenvalue weighted by atomic mass is 16.6. The van der Waals surface area contributed by atoms with Crippen molar-refractivity contribution in [2.24, 2.45) is 5.10 Å². The lowest BCUT2D eigenvalue weighted by Gasteiger charge is -2.24. The van der Waals surface area contributed by atoms with E-state index in [1.807, 2.05) is 20.2 Å². The zero-order valence-corrected chi connectivity index (χ0v) is 12.7. The molecule has 1 fully saturated rings. The molecule has 0 atom stereocenters. The summed E-state index contributed by atoms with van der Waals surface area (Å²) in [6, 6.07) is 5.03. The van der Waals surface area contributed by atoms with E-state index in [0.29, 0.717) is 0 Å². The highest BCUT2D eigenvalue weighted by molar-refractivity contribution is 5.89. The highest BCUT2D eigenvalue weighted by Crippen LogP contribution is 2.26. The third kappa shape index (κ3) is 4.18. The normalized spacial score (nSPS) is 16.0. The van der Waals surface area contributed by atoms with Gasteiger partial charge in [0.1, 0.15) is 0 Å². The van der Waals surface area contributed by atoms with Gasteiger partial charge >= 0.3 is 0 Å². The maximum atomic E-state index is 11.0. The second kappa shape index (κ2) is 7.06. The second-order valence-electron chi connectivity index (χ2n) is 5.49. The van der Waals surface area contributed by atoms with E-state index in [2.05, 4.69) is 10.0 Å². The molecule has 2 rings (SSSR count). The average molecular weight is 290 g/mol. The number of hydrogen-bond donors (Lipinski definition) is 0. The van der Waals surface area contributed by atoms with Crippen molar-refractivity contribution >= 4 is 17.6 Å². The average Bonchev–Trinajstić information content (AvgIpc) is 2.73. The molecule has 114 valence electrons. The summed E-state index contributed by atoms with van der Waals surface area (Å²) in [5.41, 5.74) is 1.95. The molecule has 0 aromatic heterocycles. The summed E-state index contributed by atoms with van der Waals surface area (Å²) < 4.78 is 0. The molecule has 1 aromatic carbocycles. The van der Waals surface area contributed by atoms with Crippen LogP contribution in [0.3, 0.4) is 0 Å². The molecular formula is C15H22N4O2. The lowest BCUT2D eigenvalue weighted by molar-refractivity contribution is -0.384. The molecule has 6 heteroatoms. The zero-order valence-electron chi connectivity index (χ0n) is 12.7. The molecule has 0 unspecified atom stereocenters. The van der Waals surface area contributed by atoms with Crippen molar-refractivity contribution in [3.63, 3.8) is 0 Å². The van der Waals surface area contributed by atoms with Gasteiger partial charge < -0.3 is 9.91 Å². The summed E-state index contributed by atoms with van der Waals surface area (Å²) in [4.78, 5) is 12.9. The Bertz CT molecular complexity index is 520. The third-order valence-corrected chi connectivity index (χ3v) is 3.60. The Labute approximate surface area is 125 Å². The maximum Gasteiger partial charge on any atom is 0.270 e. The van der Waals surface area contributed by atoms with Gasteiger partial charge in [0, 0.05) is 50.6 Å². The number of nitro groups is 1. The van der Waals surface area contributed by atoms with Crippen LogP contribution in [0.5, 0.6) is 0 Å². The van der Waals surface area contributed by atoms with Gasteiger partial charge in [-0.25, -0.2) is 0 Å². The van der Waals surface area contributed by atoms with E-state index >= 15 is 0 Å². The number of rotatable bonds is 4. The molecule has 6 nitrogen and oxygen atoms in total. The molecular weight excluding hydrogens is 268 g/mol. The van der Waals surface area contributed by atoms with E-state index < -0.39 is 0 Å². The van der Waals surface area contributed by atoms with Gasteiger partial charge in [-0.05, 0) is 18.9 Å². The van der Waals surface area contributed by atoms with E-state index in [4.69, 9.17) is 0 Å². The van der Waals surface area contributed by atoms with Crippen LogP contribution >= 0.6 is 0 Å². The van der Waals surface area contributed by atoms with Crippen LogP contribution in [0.25, 0.3) is 0 Å². The summed E-state index contributed by atoms with van der Waals surface area (Å²) in [6.07, 6.45) is 6.55. The van der Waals surface area contributed by atoms with Crippen LogP contribution in [0.4, 0.5) is 11.4 Å². The lowest BCUT2D eigenvalue weighted by atomic mass is 10.1. The zero-order chi connectivity index (χ0) is 15.2. The first-order valence-corrected chi connectivity index (χ1v) is 7.32. The molecule has 1 aliphatic rings. The van der Waals surface area contributed by atoms with Crippen LogP contribution < -0.4 is 4.90 Å². The summed E-state index contributed by atoms with van der Waals surface area (Å²) in [6.45, 7) is 2.00. The van der Waals surface area contributed by atoms with E-state index in [-0.39, 0.29) is 10.6 Å². The number of nitrogens with zero attached hydrogens (tertiary/aromatic N) is 4. The van der Waals surface area contributed by atoms with Crippen molar-refractivity contribution in [3.05, 3.63) is 33.9 Å². The Hall–Kier alpha value is -2.11. The van der Waals surface area contributed by atoms with Crippen molar-refractivity contribution < 1.29 is 4.92 Å². The predicted molar refractivity (Wildman–Crippen MR) is 85.1 cm³/mol. The van der Waals surface area contributed by atoms with E-state index in [0.717, 1.165) is 24.3 Å². The molecule has 0 aliphatic carbocycles. The van der Waals surface area contributed by atoms with Crippen LogP contribution in [0.15, 0.2) is 23.3 Å². The number of benzene rings is 1. The largest absolute Gasteiger partial charge is 0.371 e. The van der Waals surface area contributed by atoms with Crippen LogP contribution in [0.2, 0.25) is 0 Å². The third-order valence-electron chi connectivity index (χ3n) is 3.60. The molecule has 0 amide bonds. The standard InChI is InChI=1S/C15H22N4O2/c1-17(2)16-12-13-11-14(19(20)21)7-8-15(13)18-9-5-3-4-6-10-18/h7-8,11-12H,3-6,9-10H2,1-2H3. The first kappa shape index (κ1) is 15.3. The number of anilines is 1. The summed E-state index contributed by atoms with van der Waals surface area (Å²) in [7, 11) is 3.67. The van der Waals surface area contributed by atoms with Crippen molar-refractivity contribution in [2.75, 3.05) is 32.1 Å². The minimum absolute atomic E-state index is 0.105. The molecule has 0 bridgehead atoms. The number of nitro benzene ring substituents is 1. The minimum atomic E-state index is -0.362. The van der Waals surface area contributed by atoms with Gasteiger partial charge in [-0.2, -0.15) is 5.10 Å². The lowest BCUT2D eigenvalue weighted by Crippen LogP contribution is -2.25. The van der Waals surface area contributed by atoms with Gasteiger partial charge in [0.2, 0.25) is 0 Å². The highest BCUT2D eigenvalue weighted by Gasteiger charge is 2.16. The Morgan fingerprint density at radius 3 is 2.48 bits per heavy atom. The molecule has 0 spiro atoms. The van der Waals surface area contributed by atoms with E-state index in [1.54, 1.807) is 23.4 Å². The van der Waals surface area contributed by atoms with Gasteiger partial charge in [0.05, 0.1) is 11.1 Å². The van der Waals surface area contributed by atoms with Crippen molar-refractivity contribution in [2.45, 2.75) is 25.7 Å². The fourth-order valence-corrected chi connectivity index (χ4v) is 2.54. The van der Waals surface area contributed by atoms with Crippen LogP contribution in [0.1, 0.15) is 31.2 Å². The van der Waals surface area contributed by atoms with Crippen molar-refractivity contribution in [1.82, 2.24) is 5.01 Å². The molecule has 1 aliphatic heterocycles. The van der Waals surface area contributed by atoms with Gasteiger partial charge in [-0.1, -0.05) is 12.8 Å². The van der Waals surface area contributed by atoms with E-state index in [9.17, 15) is 10.1 Å². The molecule has 21 heavy (non-hydrogen) atoms. The van der Waals surface area contributed by atoms with Crippen LogP contribution in [0, 0.1) is 10.1 Å². The summed E-state index contributed by atoms with van der Waals surface area (Å²) >= 11 is 0. The smallest absolute Gasteiger partial charge is 0.270 e. The Balaban J connectivity index is 2.35. The minimum Gasteiger partial charge on any atom is -0.371 e. The molecule has 1 aromatic rings. The fourth-order valence-electron chi connectivity index (χ4n) is 2.54. The van der Waals surface area contributed by atoms with Gasteiger partial charge in [0.25, 0.3) is 5.69 Å². The van der Waals surface area contributed by atoms with Crippen LogP contribution in [-0.4, -0.2) is 43.3 Å². The van der Waals surface area contributed by atoms with Gasteiger partial charge in [0.15, 0.2) is 0 Å². The Kier molecular flexibility index (Phi) is 5.14. The number of hydrazone groups is 1. The molecule has 1 heterocycles. The van der Waals surface area contributed by atoms with Gasteiger partial charge in [-0.15, -0.1) is 0 Å². The van der Waals surface area contributed by atoms with E-state index in [1.165, 1.54) is 25.7 Å². The molecule has 0 radical (unpaired) electrons. The summed E-state index contributed by atoms with van der Waals surface area (Å²) in [5, 5.41) is 16.9. The monoisotopic (exact) mass is 290 g/mol. The van der Waals surface area contributed by atoms with Crippen molar-refractivity contribution in [1.29, 1.82) is 0 Å². The quantitative estimate of drug-likeness (QED) is 0.486. The topological polar surface area (TPSA) is 62.0 Å². The Morgan fingerprint density at radius 2 is 1.90 bits per heavy atom. The van der Waals surface area contributed by atoms with Gasteiger partial charge in [-0.3, -0.25) is 10.1 Å². The molecule has 0 N–H and O–H groups in total. The second-order valence-corrected chi connectivity index (χ2v) is 5.49. The molecule has 0 saturated carbocycles. The first-order chi connectivity index (χ1) is 10.1. The SMILES string of the molecule is CN(C)N=Cc1cc([N+](=O)[O-])ccc1N1CCCCCC1. The maximum absolute atomic E-state index is 11.0. The number of hydrogen-bond acceptors (Lipinski definition) is 5. The predicted octanol–water partition coefficient (Wildman–Crippen LogP) is 2.87. The number of non-ortho nitro benzene ring substituents is 1. The molecule has 1 saturated heterocycles. The fraction of sp³-hybridized carbons (Fsp3) is 0.533. The van der Waals surface area contributed by atoms with Crippen LogP contribution in [-0.2, 0) is 0 Å². The van der Waals surface area contributed by atoms with Crippen molar-refractivity contribution in [3.8, 4) is 0 Å². The first-order valence-electron chi connectivity index (χ1n) is 7.32. The Morgan fingerprint density at radius 1 is 1.24 bits per heavy atom.